The van der Waals surface area contributed by atoms with Gasteiger partial charge in [0.05, 0.1) is 0 Å². The summed E-state index contributed by atoms with van der Waals surface area (Å²) < 4.78 is 0. The Morgan fingerprint density at radius 1 is 1.44 bits per heavy atom. The van der Waals surface area contributed by atoms with Gasteiger partial charge in [0, 0.05) is 10.6 Å². The third-order valence-electron chi connectivity index (χ3n) is 3.07. The molecule has 2 N–H and O–H groups in total. The lowest BCUT2D eigenvalue weighted by molar-refractivity contribution is -0.139. The predicted octanol–water partition coefficient (Wildman–Crippen LogP) is 2.24. The molecule has 5 heteroatoms. The quantitative estimate of drug-likeness (QED) is 0.879. The molecule has 1 unspecified atom stereocenters. The molecule has 0 spiro atoms. The lowest BCUT2D eigenvalue weighted by Crippen LogP contribution is -2.42. The molecule has 1 aromatic carbocycles. The third kappa shape index (κ3) is 2.82. The van der Waals surface area contributed by atoms with E-state index in [1.54, 1.807) is 25.1 Å². The van der Waals surface area contributed by atoms with Crippen molar-refractivity contribution in [2.45, 2.75) is 25.8 Å². The number of carboxylic acid groups (broad SMARTS) is 1. The van der Waals surface area contributed by atoms with E-state index in [4.69, 9.17) is 16.7 Å². The van der Waals surface area contributed by atoms with E-state index in [2.05, 4.69) is 5.32 Å². The van der Waals surface area contributed by atoms with Crippen molar-refractivity contribution in [2.75, 3.05) is 0 Å². The summed E-state index contributed by atoms with van der Waals surface area (Å²) in [6.45, 7) is 1.80. The van der Waals surface area contributed by atoms with Crippen molar-refractivity contribution in [3.05, 3.63) is 34.3 Å². The highest BCUT2D eigenvalue weighted by Crippen LogP contribution is 2.32. The highest BCUT2D eigenvalue weighted by Gasteiger charge is 2.37. The number of rotatable bonds is 4. The number of hydrogen-bond donors (Lipinski definition) is 2. The molecule has 0 aliphatic heterocycles. The second kappa shape index (κ2) is 4.98. The maximum Gasteiger partial charge on any atom is 0.326 e. The van der Waals surface area contributed by atoms with Crippen LogP contribution in [0.5, 0.6) is 0 Å². The SMILES string of the molecule is Cc1cc(C(=O)NC(C(=O)O)C2CC2)ccc1Cl. The highest BCUT2D eigenvalue weighted by molar-refractivity contribution is 6.31. The number of hydrogen-bond acceptors (Lipinski definition) is 2. The Morgan fingerprint density at radius 3 is 2.61 bits per heavy atom. The normalized spacial score (nSPS) is 16.1. The Morgan fingerprint density at radius 2 is 2.11 bits per heavy atom. The molecular formula is C13H14ClNO3. The average molecular weight is 268 g/mol. The predicted molar refractivity (Wildman–Crippen MR) is 67.8 cm³/mol. The molecule has 0 aromatic heterocycles. The van der Waals surface area contributed by atoms with E-state index in [0.717, 1.165) is 18.4 Å². The van der Waals surface area contributed by atoms with E-state index in [-0.39, 0.29) is 11.8 Å². The second-order valence-corrected chi connectivity index (χ2v) is 5.00. The number of aliphatic carboxylic acids is 1. The van der Waals surface area contributed by atoms with Gasteiger partial charge in [0.25, 0.3) is 5.91 Å². The van der Waals surface area contributed by atoms with Crippen LogP contribution in [-0.4, -0.2) is 23.0 Å². The van der Waals surface area contributed by atoms with Gasteiger partial charge in [0.1, 0.15) is 6.04 Å². The molecule has 0 saturated heterocycles. The van der Waals surface area contributed by atoms with Crippen molar-refractivity contribution in [2.24, 2.45) is 5.92 Å². The van der Waals surface area contributed by atoms with Crippen molar-refractivity contribution in [3.63, 3.8) is 0 Å². The van der Waals surface area contributed by atoms with Crippen LogP contribution in [0.25, 0.3) is 0 Å². The van der Waals surface area contributed by atoms with E-state index in [0.29, 0.717) is 10.6 Å². The van der Waals surface area contributed by atoms with Gasteiger partial charge in [-0.3, -0.25) is 4.79 Å². The molecule has 0 bridgehead atoms. The maximum atomic E-state index is 11.9. The Hall–Kier alpha value is -1.55. The van der Waals surface area contributed by atoms with Crippen LogP contribution >= 0.6 is 11.6 Å². The number of benzene rings is 1. The summed E-state index contributed by atoms with van der Waals surface area (Å²) in [6.07, 6.45) is 1.72. The van der Waals surface area contributed by atoms with Gasteiger partial charge in [-0.25, -0.2) is 4.79 Å². The average Bonchev–Trinajstić information content (AvgIpc) is 3.13. The van der Waals surface area contributed by atoms with E-state index in [1.807, 2.05) is 0 Å². The summed E-state index contributed by atoms with van der Waals surface area (Å²) in [5, 5.41) is 12.2. The number of amides is 1. The van der Waals surface area contributed by atoms with E-state index in [1.165, 1.54) is 0 Å². The van der Waals surface area contributed by atoms with Gasteiger partial charge in [0.2, 0.25) is 0 Å². The van der Waals surface area contributed by atoms with Crippen LogP contribution in [0.2, 0.25) is 5.02 Å². The Balaban J connectivity index is 2.10. The smallest absolute Gasteiger partial charge is 0.326 e. The first kappa shape index (κ1) is 12.9. The topological polar surface area (TPSA) is 66.4 Å². The molecule has 0 radical (unpaired) electrons. The molecule has 18 heavy (non-hydrogen) atoms. The summed E-state index contributed by atoms with van der Waals surface area (Å²) in [5.41, 5.74) is 1.23. The van der Waals surface area contributed by atoms with Crippen molar-refractivity contribution in [3.8, 4) is 0 Å². The molecule has 1 saturated carbocycles. The molecule has 0 heterocycles. The third-order valence-corrected chi connectivity index (χ3v) is 3.49. The van der Waals surface area contributed by atoms with Crippen LogP contribution in [0.15, 0.2) is 18.2 Å². The maximum absolute atomic E-state index is 11.9. The van der Waals surface area contributed by atoms with Gasteiger partial charge in [-0.15, -0.1) is 0 Å². The molecular weight excluding hydrogens is 254 g/mol. The van der Waals surface area contributed by atoms with Gasteiger partial charge in [-0.1, -0.05) is 11.6 Å². The zero-order valence-corrected chi connectivity index (χ0v) is 10.7. The van der Waals surface area contributed by atoms with Gasteiger partial charge in [0.15, 0.2) is 0 Å². The first-order chi connectivity index (χ1) is 8.49. The van der Waals surface area contributed by atoms with Gasteiger partial charge >= 0.3 is 5.97 Å². The Bertz CT molecular complexity index is 497. The standard InChI is InChI=1S/C13H14ClNO3/c1-7-6-9(4-5-10(7)14)12(16)15-11(13(17)18)8-2-3-8/h4-6,8,11H,2-3H2,1H3,(H,15,16)(H,17,18). The number of aryl methyl sites for hydroxylation is 1. The minimum Gasteiger partial charge on any atom is -0.480 e. The molecule has 1 aliphatic carbocycles. The minimum atomic E-state index is -0.975. The first-order valence-electron chi connectivity index (χ1n) is 5.79. The molecule has 1 aliphatic rings. The Labute approximate surface area is 110 Å². The molecule has 1 amide bonds. The molecule has 4 nitrogen and oxygen atoms in total. The van der Waals surface area contributed by atoms with Crippen molar-refractivity contribution < 1.29 is 14.7 Å². The molecule has 1 fully saturated rings. The number of carbonyl (C=O) groups is 2. The van der Waals surface area contributed by atoms with Gasteiger partial charge in [-0.2, -0.15) is 0 Å². The molecule has 96 valence electrons. The van der Waals surface area contributed by atoms with Gasteiger partial charge in [-0.05, 0) is 49.4 Å². The van der Waals surface area contributed by atoms with Crippen LogP contribution in [-0.2, 0) is 4.79 Å². The number of carbonyl (C=O) groups excluding carboxylic acids is 1. The number of nitrogens with one attached hydrogen (secondary N) is 1. The fraction of sp³-hybridized carbons (Fsp3) is 0.385. The Kier molecular flexibility index (Phi) is 3.57. The fourth-order valence-corrected chi connectivity index (χ4v) is 1.94. The van der Waals surface area contributed by atoms with Gasteiger partial charge < -0.3 is 10.4 Å². The summed E-state index contributed by atoms with van der Waals surface area (Å²) in [4.78, 5) is 23.0. The number of halogens is 1. The van der Waals surface area contributed by atoms with E-state index >= 15 is 0 Å². The van der Waals surface area contributed by atoms with Crippen molar-refractivity contribution >= 4 is 23.5 Å². The fourth-order valence-electron chi connectivity index (χ4n) is 1.82. The van der Waals surface area contributed by atoms with Crippen LogP contribution in [0, 0.1) is 12.8 Å². The summed E-state index contributed by atoms with van der Waals surface area (Å²) >= 11 is 5.88. The minimum absolute atomic E-state index is 0.0693. The number of carboxylic acids is 1. The van der Waals surface area contributed by atoms with Crippen LogP contribution in [0.1, 0.15) is 28.8 Å². The first-order valence-corrected chi connectivity index (χ1v) is 6.16. The monoisotopic (exact) mass is 267 g/mol. The van der Waals surface area contributed by atoms with Crippen LogP contribution in [0.4, 0.5) is 0 Å². The van der Waals surface area contributed by atoms with E-state index < -0.39 is 12.0 Å². The van der Waals surface area contributed by atoms with Crippen LogP contribution < -0.4 is 5.32 Å². The van der Waals surface area contributed by atoms with Crippen molar-refractivity contribution in [1.82, 2.24) is 5.32 Å². The largest absolute Gasteiger partial charge is 0.480 e. The summed E-state index contributed by atoms with van der Waals surface area (Å²) in [6, 6.07) is 4.10. The van der Waals surface area contributed by atoms with Crippen molar-refractivity contribution in [1.29, 1.82) is 0 Å². The zero-order chi connectivity index (χ0) is 13.3. The second-order valence-electron chi connectivity index (χ2n) is 4.59. The zero-order valence-electron chi connectivity index (χ0n) is 9.94. The summed E-state index contributed by atoms with van der Waals surface area (Å²) in [7, 11) is 0. The molecule has 1 aromatic rings. The summed E-state index contributed by atoms with van der Waals surface area (Å²) in [5.74, 6) is -1.27. The highest BCUT2D eigenvalue weighted by atomic mass is 35.5. The molecule has 2 rings (SSSR count). The van der Waals surface area contributed by atoms with Crippen LogP contribution in [0.3, 0.4) is 0 Å². The molecule has 1 atom stereocenters. The van der Waals surface area contributed by atoms with E-state index in [9.17, 15) is 9.59 Å². The lowest BCUT2D eigenvalue weighted by Gasteiger charge is -2.13. The lowest BCUT2D eigenvalue weighted by atomic mass is 10.1.